The van der Waals surface area contributed by atoms with Crippen LogP contribution in [0.2, 0.25) is 0 Å². The molecule has 0 atom stereocenters. The van der Waals surface area contributed by atoms with Crippen LogP contribution >= 0.6 is 24.0 Å². The maximum Gasteiger partial charge on any atom is 0.202 e. The maximum atomic E-state index is 6.97. The van der Waals surface area contributed by atoms with Gasteiger partial charge < -0.3 is 5.32 Å². The van der Waals surface area contributed by atoms with E-state index in [0.29, 0.717) is 0 Å². The van der Waals surface area contributed by atoms with Crippen molar-refractivity contribution in [1.82, 2.24) is 10.7 Å². The summed E-state index contributed by atoms with van der Waals surface area (Å²) in [6, 6.07) is 0. The summed E-state index contributed by atoms with van der Waals surface area (Å²) in [6.45, 7) is 2.92. The van der Waals surface area contributed by atoms with Gasteiger partial charge in [0.05, 0.1) is 0 Å². The van der Waals surface area contributed by atoms with E-state index in [1.54, 1.807) is 0 Å². The predicted molar refractivity (Wildman–Crippen MR) is 53.4 cm³/mol. The lowest BCUT2D eigenvalue weighted by atomic mass is 10.3. The fraction of sp³-hybridized carbons (Fsp3) is 0.800. The van der Waals surface area contributed by atoms with Crippen LogP contribution in [-0.4, -0.2) is 12.5 Å². The maximum absolute atomic E-state index is 6.97. The van der Waals surface area contributed by atoms with Crippen molar-refractivity contribution in [2.45, 2.75) is 19.8 Å². The number of halogens is 1. The molecule has 5 N–H and O–H groups in total. The summed E-state index contributed by atoms with van der Waals surface area (Å²) in [5.41, 5.74) is 2.20. The number of nitrogens with two attached hydrogens (primary N) is 1. The Balaban J connectivity index is 0. The minimum absolute atomic E-state index is 0. The van der Waals surface area contributed by atoms with Crippen LogP contribution in [0, 0.1) is 5.41 Å². The van der Waals surface area contributed by atoms with Crippen molar-refractivity contribution in [2.75, 3.05) is 6.54 Å². The summed E-state index contributed by atoms with van der Waals surface area (Å²) in [5, 5.41) is 9.75. The summed E-state index contributed by atoms with van der Waals surface area (Å²) >= 11 is 0. The molecule has 0 saturated heterocycles. The Hall–Kier alpha value is -0.0400. The fourth-order valence-electron chi connectivity index (χ4n) is 0.441. The van der Waals surface area contributed by atoms with Gasteiger partial charge >= 0.3 is 0 Å². The third-order valence-corrected chi connectivity index (χ3v) is 0.976. The Morgan fingerprint density at radius 3 is 2.60 bits per heavy atom. The molecule has 0 spiro atoms. The van der Waals surface area contributed by atoms with Crippen LogP contribution in [0.5, 0.6) is 0 Å². The Morgan fingerprint density at radius 1 is 1.60 bits per heavy atom. The van der Waals surface area contributed by atoms with Gasteiger partial charge in [0.2, 0.25) is 5.96 Å². The molecule has 0 aromatic rings. The molecule has 0 radical (unpaired) electrons. The van der Waals surface area contributed by atoms with Crippen molar-refractivity contribution < 1.29 is 0 Å². The van der Waals surface area contributed by atoms with E-state index in [9.17, 15) is 0 Å². The smallest absolute Gasteiger partial charge is 0.202 e. The molecule has 5 heteroatoms. The average Bonchev–Trinajstić information content (AvgIpc) is 1.89. The normalized spacial score (nSPS) is 7.80. The quantitative estimate of drug-likeness (QED) is 0.148. The molecule has 0 bridgehead atoms. The molecule has 0 saturated carbocycles. The zero-order valence-electron chi connectivity index (χ0n) is 6.11. The molecule has 0 rings (SSSR count). The Kier molecular flexibility index (Phi) is 11.3. The summed E-state index contributed by atoms with van der Waals surface area (Å²) < 4.78 is 0. The van der Waals surface area contributed by atoms with Gasteiger partial charge in [0.15, 0.2) is 0 Å². The van der Waals surface area contributed by atoms with Crippen molar-refractivity contribution in [3.05, 3.63) is 0 Å². The van der Waals surface area contributed by atoms with Gasteiger partial charge in [-0.3, -0.25) is 10.8 Å². The van der Waals surface area contributed by atoms with Crippen LogP contribution in [0.1, 0.15) is 19.8 Å². The Bertz CT molecular complexity index is 85.7. The first kappa shape index (κ1) is 12.6. The lowest BCUT2D eigenvalue weighted by molar-refractivity contribution is 0.733. The summed E-state index contributed by atoms with van der Waals surface area (Å²) in [5.74, 6) is 5.10. The van der Waals surface area contributed by atoms with Crippen LogP contribution in [0.4, 0.5) is 0 Å². The van der Waals surface area contributed by atoms with Crippen LogP contribution in [0.3, 0.4) is 0 Å². The SMILES string of the molecule is CCCCNC(=N)NN.I. The zero-order valence-corrected chi connectivity index (χ0v) is 8.44. The Morgan fingerprint density at radius 2 is 2.20 bits per heavy atom. The number of rotatable bonds is 3. The molecular formula is C5H15IN4. The molecule has 0 heterocycles. The van der Waals surface area contributed by atoms with Crippen molar-refractivity contribution >= 4 is 29.9 Å². The standard InChI is InChI=1S/C5H14N4.HI/c1-2-3-4-8-5(6)9-7;/h2-4,7H2,1H3,(H3,6,8,9);1H. The number of hydrogen-bond donors (Lipinski definition) is 4. The second kappa shape index (κ2) is 8.96. The topological polar surface area (TPSA) is 73.9 Å². The number of nitrogens with one attached hydrogen (secondary N) is 3. The largest absolute Gasteiger partial charge is 0.356 e. The summed E-state index contributed by atoms with van der Waals surface area (Å²) in [6.07, 6.45) is 2.20. The van der Waals surface area contributed by atoms with Gasteiger partial charge in [0.25, 0.3) is 0 Å². The van der Waals surface area contributed by atoms with Gasteiger partial charge in [-0.2, -0.15) is 0 Å². The lowest BCUT2D eigenvalue weighted by Gasteiger charge is -2.03. The van der Waals surface area contributed by atoms with E-state index in [-0.39, 0.29) is 29.9 Å². The zero-order chi connectivity index (χ0) is 7.11. The molecule has 0 aromatic heterocycles. The highest BCUT2D eigenvalue weighted by Crippen LogP contribution is 1.80. The van der Waals surface area contributed by atoms with Gasteiger partial charge in [0, 0.05) is 6.54 Å². The van der Waals surface area contributed by atoms with E-state index in [1.165, 1.54) is 0 Å². The number of guanidine groups is 1. The number of hydrazine groups is 1. The molecule has 0 amide bonds. The van der Waals surface area contributed by atoms with Crippen molar-refractivity contribution in [2.24, 2.45) is 5.84 Å². The highest BCUT2D eigenvalue weighted by atomic mass is 127. The first-order chi connectivity index (χ1) is 4.31. The van der Waals surface area contributed by atoms with Gasteiger partial charge in [-0.05, 0) is 6.42 Å². The third-order valence-electron chi connectivity index (χ3n) is 0.976. The molecule has 62 valence electrons. The molecule has 0 aliphatic carbocycles. The third kappa shape index (κ3) is 7.96. The molecule has 4 nitrogen and oxygen atoms in total. The molecular weight excluding hydrogens is 243 g/mol. The van der Waals surface area contributed by atoms with Crippen LogP contribution in [0.15, 0.2) is 0 Å². The lowest BCUT2D eigenvalue weighted by Crippen LogP contribution is -2.40. The van der Waals surface area contributed by atoms with Crippen LogP contribution in [0.25, 0.3) is 0 Å². The van der Waals surface area contributed by atoms with E-state index in [4.69, 9.17) is 11.3 Å². The van der Waals surface area contributed by atoms with Gasteiger partial charge in [-0.15, -0.1) is 24.0 Å². The minimum Gasteiger partial charge on any atom is -0.356 e. The first-order valence-corrected chi connectivity index (χ1v) is 3.10. The van der Waals surface area contributed by atoms with E-state index in [1.807, 2.05) is 0 Å². The van der Waals surface area contributed by atoms with Crippen LogP contribution < -0.4 is 16.6 Å². The first-order valence-electron chi connectivity index (χ1n) is 3.10. The molecule has 0 aliphatic rings. The number of unbranched alkanes of at least 4 members (excludes halogenated alkanes) is 1. The van der Waals surface area contributed by atoms with E-state index < -0.39 is 0 Å². The van der Waals surface area contributed by atoms with Crippen molar-refractivity contribution in [1.29, 1.82) is 5.41 Å². The summed E-state index contributed by atoms with van der Waals surface area (Å²) in [7, 11) is 0. The van der Waals surface area contributed by atoms with Gasteiger partial charge in [-0.1, -0.05) is 13.3 Å². The number of hydrogen-bond acceptors (Lipinski definition) is 2. The molecule has 0 aliphatic heterocycles. The van der Waals surface area contributed by atoms with E-state index in [0.717, 1.165) is 19.4 Å². The molecule has 0 aromatic carbocycles. The molecule has 10 heavy (non-hydrogen) atoms. The minimum atomic E-state index is 0. The van der Waals surface area contributed by atoms with Crippen molar-refractivity contribution in [3.63, 3.8) is 0 Å². The molecule has 0 unspecified atom stereocenters. The second-order valence-corrected chi connectivity index (χ2v) is 1.80. The molecule has 0 fully saturated rings. The highest BCUT2D eigenvalue weighted by molar-refractivity contribution is 14.0. The second-order valence-electron chi connectivity index (χ2n) is 1.80. The highest BCUT2D eigenvalue weighted by Gasteiger charge is 1.86. The summed E-state index contributed by atoms with van der Waals surface area (Å²) in [4.78, 5) is 0. The van der Waals surface area contributed by atoms with Gasteiger partial charge in [0.1, 0.15) is 0 Å². The average molecular weight is 258 g/mol. The fourth-order valence-corrected chi connectivity index (χ4v) is 0.441. The predicted octanol–water partition coefficient (Wildman–Crippen LogP) is 0.392. The Labute approximate surface area is 78.4 Å². The van der Waals surface area contributed by atoms with Crippen LogP contribution in [-0.2, 0) is 0 Å². The van der Waals surface area contributed by atoms with Gasteiger partial charge in [-0.25, -0.2) is 5.84 Å². The van der Waals surface area contributed by atoms with Crippen molar-refractivity contribution in [3.8, 4) is 0 Å². The van der Waals surface area contributed by atoms with E-state index in [2.05, 4.69) is 17.7 Å². The van der Waals surface area contributed by atoms with E-state index >= 15 is 0 Å². The monoisotopic (exact) mass is 258 g/mol.